The molecule has 106 valence electrons. The Bertz CT molecular complexity index is 757. The number of nitrogens with zero attached hydrogens (tertiary/aromatic N) is 4. The van der Waals surface area contributed by atoms with Gasteiger partial charge in [-0.15, -0.1) is 5.10 Å². The number of aromatic nitrogens is 4. The molecule has 0 amide bonds. The highest BCUT2D eigenvalue weighted by atomic mass is 32.2. The van der Waals surface area contributed by atoms with E-state index >= 15 is 0 Å². The smallest absolute Gasteiger partial charge is 0.207 e. The summed E-state index contributed by atoms with van der Waals surface area (Å²) in [5.74, 6) is 0.459. The molecule has 1 heterocycles. The highest BCUT2D eigenvalue weighted by molar-refractivity contribution is 7.98. The normalized spacial score (nSPS) is 10.8. The first-order valence-electron chi connectivity index (χ1n) is 6.45. The minimum Gasteiger partial charge on any atom is -0.207 e. The zero-order valence-corrected chi connectivity index (χ0v) is 12.2. The molecule has 0 fully saturated rings. The van der Waals surface area contributed by atoms with Gasteiger partial charge in [0.05, 0.1) is 5.69 Å². The van der Waals surface area contributed by atoms with E-state index in [1.807, 2.05) is 12.1 Å². The monoisotopic (exact) mass is 300 g/mol. The summed E-state index contributed by atoms with van der Waals surface area (Å²) in [7, 11) is 0. The summed E-state index contributed by atoms with van der Waals surface area (Å²) in [4.78, 5) is 0. The number of hydrogen-bond acceptors (Lipinski definition) is 4. The molecule has 3 rings (SSSR count). The van der Waals surface area contributed by atoms with Gasteiger partial charge in [-0.05, 0) is 46.7 Å². The number of hydrogen-bond donors (Lipinski definition) is 0. The summed E-state index contributed by atoms with van der Waals surface area (Å²) in [6.07, 6.45) is 0. The molecule has 6 heteroatoms. The van der Waals surface area contributed by atoms with Gasteiger partial charge in [0.2, 0.25) is 5.16 Å². The van der Waals surface area contributed by atoms with Crippen LogP contribution in [0.2, 0.25) is 0 Å². The quantitative estimate of drug-likeness (QED) is 0.693. The van der Waals surface area contributed by atoms with E-state index in [-0.39, 0.29) is 5.82 Å². The van der Waals surface area contributed by atoms with Gasteiger partial charge in [-0.2, -0.15) is 4.68 Å². The SMILES string of the molecule is Cc1ccccc1CSc1nnnn1-c1cccc(F)c1. The van der Waals surface area contributed by atoms with Gasteiger partial charge in [-0.1, -0.05) is 42.1 Å². The standard InChI is InChI=1S/C15H13FN4S/c1-11-5-2-3-6-12(11)10-21-15-17-18-19-20(15)14-8-4-7-13(16)9-14/h2-9H,10H2,1H3. The molecule has 2 aromatic carbocycles. The minimum absolute atomic E-state index is 0.308. The Hall–Kier alpha value is -2.21. The van der Waals surface area contributed by atoms with Gasteiger partial charge >= 0.3 is 0 Å². The van der Waals surface area contributed by atoms with Crippen LogP contribution in [0.4, 0.5) is 4.39 Å². The van der Waals surface area contributed by atoms with Crippen LogP contribution in [0.1, 0.15) is 11.1 Å². The summed E-state index contributed by atoms with van der Waals surface area (Å²) in [5.41, 5.74) is 3.08. The zero-order valence-electron chi connectivity index (χ0n) is 11.4. The van der Waals surface area contributed by atoms with Crippen LogP contribution in [-0.4, -0.2) is 20.2 Å². The average molecular weight is 300 g/mol. The Balaban J connectivity index is 1.82. The van der Waals surface area contributed by atoms with E-state index in [0.29, 0.717) is 10.8 Å². The molecule has 0 aliphatic heterocycles. The maximum absolute atomic E-state index is 13.3. The van der Waals surface area contributed by atoms with Gasteiger partial charge in [0.15, 0.2) is 0 Å². The lowest BCUT2D eigenvalue weighted by molar-refractivity contribution is 0.623. The first-order chi connectivity index (χ1) is 10.2. The number of tetrazole rings is 1. The Morgan fingerprint density at radius 3 is 2.81 bits per heavy atom. The van der Waals surface area contributed by atoms with E-state index < -0.39 is 0 Å². The summed E-state index contributed by atoms with van der Waals surface area (Å²) >= 11 is 1.53. The van der Waals surface area contributed by atoms with Gasteiger partial charge in [0.25, 0.3) is 0 Å². The van der Waals surface area contributed by atoms with Crippen molar-refractivity contribution in [3.63, 3.8) is 0 Å². The first-order valence-corrected chi connectivity index (χ1v) is 7.44. The predicted molar refractivity (Wildman–Crippen MR) is 79.9 cm³/mol. The fourth-order valence-electron chi connectivity index (χ4n) is 1.95. The molecule has 0 N–H and O–H groups in total. The Morgan fingerprint density at radius 2 is 2.00 bits per heavy atom. The first kappa shape index (κ1) is 13.8. The second-order valence-corrected chi connectivity index (χ2v) is 5.51. The van der Waals surface area contributed by atoms with Gasteiger partial charge in [-0.3, -0.25) is 0 Å². The van der Waals surface area contributed by atoms with Crippen LogP contribution in [0.15, 0.2) is 53.7 Å². The van der Waals surface area contributed by atoms with E-state index in [1.165, 1.54) is 35.0 Å². The fraction of sp³-hybridized carbons (Fsp3) is 0.133. The zero-order chi connectivity index (χ0) is 14.7. The van der Waals surface area contributed by atoms with Gasteiger partial charge in [0, 0.05) is 5.75 Å². The lowest BCUT2D eigenvalue weighted by atomic mass is 10.1. The molecular formula is C15H13FN4S. The van der Waals surface area contributed by atoms with Gasteiger partial charge in [-0.25, -0.2) is 4.39 Å². The Kier molecular flexibility index (Phi) is 3.96. The van der Waals surface area contributed by atoms with Crippen LogP contribution >= 0.6 is 11.8 Å². The van der Waals surface area contributed by atoms with Crippen molar-refractivity contribution in [2.24, 2.45) is 0 Å². The second kappa shape index (κ2) is 6.05. The summed E-state index contributed by atoms with van der Waals surface area (Å²) < 4.78 is 14.9. The molecule has 0 atom stereocenters. The van der Waals surface area contributed by atoms with Crippen molar-refractivity contribution in [2.75, 3.05) is 0 Å². The average Bonchev–Trinajstić information content (AvgIpc) is 2.95. The molecule has 0 spiro atoms. The van der Waals surface area contributed by atoms with Crippen molar-refractivity contribution < 1.29 is 4.39 Å². The summed E-state index contributed by atoms with van der Waals surface area (Å²) in [6, 6.07) is 14.4. The predicted octanol–water partition coefficient (Wildman–Crippen LogP) is 3.40. The topological polar surface area (TPSA) is 43.6 Å². The third-order valence-corrected chi connectivity index (χ3v) is 4.08. The molecule has 0 bridgehead atoms. The summed E-state index contributed by atoms with van der Waals surface area (Å²) in [5, 5.41) is 12.3. The summed E-state index contributed by atoms with van der Waals surface area (Å²) in [6.45, 7) is 2.07. The maximum Gasteiger partial charge on any atom is 0.214 e. The van der Waals surface area contributed by atoms with Crippen LogP contribution in [0.5, 0.6) is 0 Å². The van der Waals surface area contributed by atoms with Crippen LogP contribution in [-0.2, 0) is 5.75 Å². The minimum atomic E-state index is -0.308. The van der Waals surface area contributed by atoms with Crippen molar-refractivity contribution in [2.45, 2.75) is 17.8 Å². The largest absolute Gasteiger partial charge is 0.214 e. The molecule has 0 saturated heterocycles. The van der Waals surface area contributed by atoms with Crippen LogP contribution < -0.4 is 0 Å². The van der Waals surface area contributed by atoms with E-state index in [1.54, 1.807) is 16.8 Å². The maximum atomic E-state index is 13.3. The lowest BCUT2D eigenvalue weighted by Crippen LogP contribution is -1.99. The number of benzene rings is 2. The highest BCUT2D eigenvalue weighted by Gasteiger charge is 2.10. The molecule has 21 heavy (non-hydrogen) atoms. The molecule has 0 saturated carbocycles. The number of thioether (sulfide) groups is 1. The van der Waals surface area contributed by atoms with Crippen LogP contribution in [0.3, 0.4) is 0 Å². The Labute approximate surface area is 126 Å². The van der Waals surface area contributed by atoms with Crippen molar-refractivity contribution in [1.82, 2.24) is 20.2 Å². The van der Waals surface area contributed by atoms with E-state index in [9.17, 15) is 4.39 Å². The van der Waals surface area contributed by atoms with E-state index in [0.717, 1.165) is 5.75 Å². The second-order valence-electron chi connectivity index (χ2n) is 4.57. The van der Waals surface area contributed by atoms with Crippen LogP contribution in [0, 0.1) is 12.7 Å². The van der Waals surface area contributed by atoms with Gasteiger partial charge in [0.1, 0.15) is 5.82 Å². The molecule has 0 radical (unpaired) electrons. The number of rotatable bonds is 4. The van der Waals surface area contributed by atoms with Crippen molar-refractivity contribution >= 4 is 11.8 Å². The molecular weight excluding hydrogens is 287 g/mol. The molecule has 0 aliphatic rings. The van der Waals surface area contributed by atoms with E-state index in [2.05, 4.69) is 34.6 Å². The lowest BCUT2D eigenvalue weighted by Gasteiger charge is -2.06. The fourth-order valence-corrected chi connectivity index (χ4v) is 2.92. The molecule has 4 nitrogen and oxygen atoms in total. The van der Waals surface area contributed by atoms with Crippen molar-refractivity contribution in [1.29, 1.82) is 0 Å². The number of aryl methyl sites for hydroxylation is 1. The molecule has 1 aromatic heterocycles. The van der Waals surface area contributed by atoms with Gasteiger partial charge < -0.3 is 0 Å². The van der Waals surface area contributed by atoms with Crippen molar-refractivity contribution in [3.8, 4) is 5.69 Å². The molecule has 0 aliphatic carbocycles. The highest BCUT2D eigenvalue weighted by Crippen LogP contribution is 2.24. The van der Waals surface area contributed by atoms with E-state index in [4.69, 9.17) is 0 Å². The third-order valence-electron chi connectivity index (χ3n) is 3.11. The third kappa shape index (κ3) is 3.11. The molecule has 3 aromatic rings. The molecule has 0 unspecified atom stereocenters. The Morgan fingerprint density at radius 1 is 1.14 bits per heavy atom. The van der Waals surface area contributed by atoms with Crippen molar-refractivity contribution in [3.05, 3.63) is 65.5 Å². The number of halogens is 1. The van der Waals surface area contributed by atoms with Crippen LogP contribution in [0.25, 0.3) is 5.69 Å².